The van der Waals surface area contributed by atoms with Gasteiger partial charge in [0.2, 0.25) is 0 Å². The molecule has 1 aromatic rings. The third-order valence-electron chi connectivity index (χ3n) is 3.67. The van der Waals surface area contributed by atoms with Gasteiger partial charge in [-0.3, -0.25) is 4.79 Å². The fraction of sp³-hybridized carbons (Fsp3) is 0.500. The smallest absolute Gasteiger partial charge is 0.250 e. The zero-order valence-corrected chi connectivity index (χ0v) is 12.7. The second kappa shape index (κ2) is 6.39. The average Bonchev–Trinajstić information content (AvgIpc) is 2.39. The largest absolute Gasteiger partial charge is 0.371 e. The number of amides is 1. The highest BCUT2D eigenvalue weighted by Gasteiger charge is 2.22. The molecule has 1 heterocycles. The molecule has 4 nitrogen and oxygen atoms in total. The molecule has 0 aromatic heterocycles. The molecular weight excluding hydrogens is 306 g/mol. The van der Waals surface area contributed by atoms with E-state index in [0.717, 1.165) is 48.6 Å². The Morgan fingerprint density at radius 1 is 1.47 bits per heavy atom. The Bertz CT molecular complexity index is 456. The molecule has 0 saturated carbocycles. The Morgan fingerprint density at radius 3 is 2.74 bits per heavy atom. The van der Waals surface area contributed by atoms with Crippen LogP contribution in [0.15, 0.2) is 22.7 Å². The van der Waals surface area contributed by atoms with Crippen LogP contribution in [0.2, 0.25) is 0 Å². The maximum atomic E-state index is 11.5. The molecule has 3 N–H and O–H groups in total. The van der Waals surface area contributed by atoms with Gasteiger partial charge in [0, 0.05) is 17.6 Å². The maximum absolute atomic E-state index is 11.5. The molecule has 1 saturated heterocycles. The quantitative estimate of drug-likeness (QED) is 0.890. The highest BCUT2D eigenvalue weighted by molar-refractivity contribution is 9.10. The highest BCUT2D eigenvalue weighted by atomic mass is 79.9. The number of benzene rings is 1. The summed E-state index contributed by atoms with van der Waals surface area (Å²) in [6.07, 6.45) is 2.29. The number of piperidine rings is 1. The van der Waals surface area contributed by atoms with E-state index >= 15 is 0 Å². The van der Waals surface area contributed by atoms with Crippen molar-refractivity contribution in [1.82, 2.24) is 5.32 Å². The van der Waals surface area contributed by atoms with Crippen molar-refractivity contribution in [3.8, 4) is 0 Å². The Kier molecular flexibility index (Phi) is 4.82. The molecule has 0 spiro atoms. The number of carbonyl (C=O) groups is 1. The van der Waals surface area contributed by atoms with Gasteiger partial charge in [-0.05, 0) is 50.6 Å². The summed E-state index contributed by atoms with van der Waals surface area (Å²) in [5.74, 6) is 0.366. The molecule has 1 fully saturated rings. The molecule has 0 bridgehead atoms. The van der Waals surface area contributed by atoms with E-state index in [-0.39, 0.29) is 5.91 Å². The lowest BCUT2D eigenvalue weighted by molar-refractivity contribution is 0.100. The van der Waals surface area contributed by atoms with Crippen LogP contribution >= 0.6 is 15.9 Å². The van der Waals surface area contributed by atoms with Gasteiger partial charge >= 0.3 is 0 Å². The number of anilines is 1. The van der Waals surface area contributed by atoms with E-state index in [1.165, 1.54) is 0 Å². The Morgan fingerprint density at radius 2 is 2.16 bits per heavy atom. The number of carbonyl (C=O) groups excluding carboxylic acids is 1. The molecule has 0 atom stereocenters. The van der Waals surface area contributed by atoms with Crippen LogP contribution in [0.3, 0.4) is 0 Å². The first kappa shape index (κ1) is 14.3. The molecule has 1 aliphatic rings. The summed E-state index contributed by atoms with van der Waals surface area (Å²) in [5, 5.41) is 3.23. The minimum atomic E-state index is -0.361. The second-order valence-corrected chi connectivity index (χ2v) is 5.93. The maximum Gasteiger partial charge on any atom is 0.250 e. The van der Waals surface area contributed by atoms with E-state index in [4.69, 9.17) is 5.73 Å². The first-order valence-electron chi connectivity index (χ1n) is 6.60. The van der Waals surface area contributed by atoms with Gasteiger partial charge in [-0.1, -0.05) is 15.9 Å². The first-order chi connectivity index (χ1) is 9.11. The van der Waals surface area contributed by atoms with Gasteiger partial charge < -0.3 is 16.0 Å². The van der Waals surface area contributed by atoms with Gasteiger partial charge in [-0.15, -0.1) is 0 Å². The van der Waals surface area contributed by atoms with Crippen LogP contribution in [-0.4, -0.2) is 32.6 Å². The van der Waals surface area contributed by atoms with Gasteiger partial charge in [0.15, 0.2) is 0 Å². The number of primary amides is 1. The molecule has 0 aliphatic carbocycles. The molecule has 1 aliphatic heterocycles. The van der Waals surface area contributed by atoms with Gasteiger partial charge in [-0.25, -0.2) is 0 Å². The van der Waals surface area contributed by atoms with Crippen LogP contribution in [-0.2, 0) is 0 Å². The van der Waals surface area contributed by atoms with E-state index < -0.39 is 0 Å². The van der Waals surface area contributed by atoms with Crippen molar-refractivity contribution < 1.29 is 4.79 Å². The summed E-state index contributed by atoms with van der Waals surface area (Å²) in [5.41, 5.74) is 7.01. The average molecular weight is 326 g/mol. The van der Waals surface area contributed by atoms with Crippen molar-refractivity contribution in [1.29, 1.82) is 0 Å². The lowest BCUT2D eigenvalue weighted by Crippen LogP contribution is -2.37. The summed E-state index contributed by atoms with van der Waals surface area (Å²) >= 11 is 3.46. The number of nitrogens with zero attached hydrogens (tertiary/aromatic N) is 1. The highest BCUT2D eigenvalue weighted by Crippen LogP contribution is 2.28. The number of nitrogens with one attached hydrogen (secondary N) is 1. The number of halogens is 1. The predicted molar refractivity (Wildman–Crippen MR) is 81.5 cm³/mol. The van der Waals surface area contributed by atoms with E-state index in [2.05, 4.69) is 26.1 Å². The fourth-order valence-electron chi connectivity index (χ4n) is 2.64. The van der Waals surface area contributed by atoms with Crippen LogP contribution in [0.4, 0.5) is 5.69 Å². The monoisotopic (exact) mass is 325 g/mol. The van der Waals surface area contributed by atoms with Crippen molar-refractivity contribution >= 4 is 27.5 Å². The van der Waals surface area contributed by atoms with Crippen LogP contribution in [0.25, 0.3) is 0 Å². The normalized spacial score (nSPS) is 16.6. The summed E-state index contributed by atoms with van der Waals surface area (Å²) < 4.78 is 0.977. The van der Waals surface area contributed by atoms with Crippen molar-refractivity contribution in [2.75, 3.05) is 31.6 Å². The van der Waals surface area contributed by atoms with E-state index in [0.29, 0.717) is 5.56 Å². The minimum Gasteiger partial charge on any atom is -0.371 e. The molecule has 19 heavy (non-hydrogen) atoms. The van der Waals surface area contributed by atoms with Crippen molar-refractivity contribution in [2.24, 2.45) is 11.7 Å². The van der Waals surface area contributed by atoms with Crippen molar-refractivity contribution in [3.63, 3.8) is 0 Å². The third kappa shape index (κ3) is 3.48. The Hall–Kier alpha value is -1.07. The molecule has 5 heteroatoms. The van der Waals surface area contributed by atoms with Gasteiger partial charge in [0.1, 0.15) is 0 Å². The van der Waals surface area contributed by atoms with E-state index in [1.54, 1.807) is 6.07 Å². The zero-order valence-electron chi connectivity index (χ0n) is 11.2. The predicted octanol–water partition coefficient (Wildman–Crippen LogP) is 1.98. The van der Waals surface area contributed by atoms with Crippen LogP contribution in [0, 0.1) is 5.92 Å². The number of nitrogens with two attached hydrogens (primary N) is 1. The lowest BCUT2D eigenvalue weighted by atomic mass is 9.96. The van der Waals surface area contributed by atoms with Gasteiger partial charge in [-0.2, -0.15) is 0 Å². The minimum absolute atomic E-state index is 0.361. The summed E-state index contributed by atoms with van der Waals surface area (Å²) in [6, 6.07) is 5.64. The first-order valence-corrected chi connectivity index (χ1v) is 7.40. The van der Waals surface area contributed by atoms with Crippen molar-refractivity contribution in [3.05, 3.63) is 28.2 Å². The zero-order chi connectivity index (χ0) is 13.8. The van der Waals surface area contributed by atoms with Crippen LogP contribution in [0.1, 0.15) is 23.2 Å². The van der Waals surface area contributed by atoms with Gasteiger partial charge in [0.05, 0.1) is 11.3 Å². The van der Waals surface area contributed by atoms with E-state index in [9.17, 15) is 4.79 Å². The lowest BCUT2D eigenvalue weighted by Gasteiger charge is -2.34. The molecule has 104 valence electrons. The van der Waals surface area contributed by atoms with Crippen molar-refractivity contribution in [2.45, 2.75) is 12.8 Å². The van der Waals surface area contributed by atoms with E-state index in [1.807, 2.05) is 19.2 Å². The number of rotatable bonds is 4. The SMILES string of the molecule is CNCC1CCN(c2cc(Br)ccc2C(N)=O)CC1. The van der Waals surface area contributed by atoms with Crippen LogP contribution < -0.4 is 16.0 Å². The number of hydrogen-bond acceptors (Lipinski definition) is 3. The Labute approximate surface area is 122 Å². The molecule has 2 rings (SSSR count). The van der Waals surface area contributed by atoms with Crippen LogP contribution in [0.5, 0.6) is 0 Å². The molecule has 0 radical (unpaired) electrons. The molecule has 1 amide bonds. The molecule has 1 aromatic carbocycles. The van der Waals surface area contributed by atoms with Gasteiger partial charge in [0.25, 0.3) is 5.91 Å². The topological polar surface area (TPSA) is 58.4 Å². The standard InChI is InChI=1S/C14H20BrN3O/c1-17-9-10-4-6-18(7-5-10)13-8-11(15)2-3-12(13)14(16)19/h2-3,8,10,17H,4-7,9H2,1H3,(H2,16,19). The molecular formula is C14H20BrN3O. The summed E-state index contributed by atoms with van der Waals surface area (Å²) in [7, 11) is 1.99. The Balaban J connectivity index is 2.14. The third-order valence-corrected chi connectivity index (χ3v) is 4.17. The summed E-state index contributed by atoms with van der Waals surface area (Å²) in [4.78, 5) is 13.8. The fourth-order valence-corrected chi connectivity index (χ4v) is 2.99. The molecule has 0 unspecified atom stereocenters. The second-order valence-electron chi connectivity index (χ2n) is 5.01. The number of hydrogen-bond donors (Lipinski definition) is 2. The summed E-state index contributed by atoms with van der Waals surface area (Å²) in [6.45, 7) is 3.02.